The summed E-state index contributed by atoms with van der Waals surface area (Å²) in [7, 11) is -3.16. The van der Waals surface area contributed by atoms with Crippen molar-refractivity contribution in [2.24, 2.45) is 5.92 Å². The lowest BCUT2D eigenvalue weighted by Gasteiger charge is -2.33. The molecule has 1 aliphatic heterocycles. The average molecular weight is 340 g/mol. The first-order chi connectivity index (χ1) is 10.8. The van der Waals surface area contributed by atoms with Crippen LogP contribution in [0.4, 0.5) is 0 Å². The van der Waals surface area contributed by atoms with Crippen LogP contribution in [-0.2, 0) is 14.8 Å². The van der Waals surface area contributed by atoms with Crippen molar-refractivity contribution in [3.05, 3.63) is 29.8 Å². The Kier molecular flexibility index (Phi) is 5.64. The highest BCUT2D eigenvalue weighted by molar-refractivity contribution is 7.88. The van der Waals surface area contributed by atoms with Gasteiger partial charge in [-0.2, -0.15) is 0 Å². The highest BCUT2D eigenvalue weighted by atomic mass is 32.2. The molecule has 0 radical (unpaired) electrons. The van der Waals surface area contributed by atoms with Crippen molar-refractivity contribution < 1.29 is 18.3 Å². The quantitative estimate of drug-likeness (QED) is 0.845. The van der Waals surface area contributed by atoms with Gasteiger partial charge in [-0.05, 0) is 43.4 Å². The Bertz CT molecular complexity index is 652. The summed E-state index contributed by atoms with van der Waals surface area (Å²) in [5.74, 6) is 0.176. The molecule has 1 unspecified atom stereocenters. The third-order valence-electron chi connectivity index (χ3n) is 4.30. The number of benzene rings is 1. The van der Waals surface area contributed by atoms with Crippen molar-refractivity contribution in [3.63, 3.8) is 0 Å². The van der Waals surface area contributed by atoms with Crippen molar-refractivity contribution in [1.82, 2.24) is 9.62 Å². The lowest BCUT2D eigenvalue weighted by molar-refractivity contribution is -0.133. The van der Waals surface area contributed by atoms with Crippen molar-refractivity contribution in [2.45, 2.75) is 25.7 Å². The zero-order valence-electron chi connectivity index (χ0n) is 13.5. The standard InChI is InChI=1S/C16H24N2O4S/c1-12(14-4-3-5-15(19)10-14)16(20)18-8-6-13(7-9-18)11-17-23(2,21)22/h3-5,10,12-13,17,19H,6-9,11H2,1-2H3. The number of rotatable bonds is 5. The van der Waals surface area contributed by atoms with E-state index < -0.39 is 10.0 Å². The number of piperidine rings is 1. The topological polar surface area (TPSA) is 86.7 Å². The zero-order valence-corrected chi connectivity index (χ0v) is 14.3. The van der Waals surface area contributed by atoms with E-state index in [1.54, 1.807) is 18.2 Å². The van der Waals surface area contributed by atoms with E-state index in [0.29, 0.717) is 19.6 Å². The van der Waals surface area contributed by atoms with E-state index in [-0.39, 0.29) is 23.5 Å². The van der Waals surface area contributed by atoms with Crippen LogP contribution in [0.1, 0.15) is 31.2 Å². The minimum Gasteiger partial charge on any atom is -0.508 e. The third kappa shape index (κ3) is 5.21. The SMILES string of the molecule is CC(C(=O)N1CCC(CNS(C)(=O)=O)CC1)c1cccc(O)c1. The third-order valence-corrected chi connectivity index (χ3v) is 4.99. The number of phenols is 1. The van der Waals surface area contributed by atoms with Crippen molar-refractivity contribution in [2.75, 3.05) is 25.9 Å². The molecule has 128 valence electrons. The summed E-state index contributed by atoms with van der Waals surface area (Å²) < 4.78 is 24.8. The number of carbonyl (C=O) groups excluding carboxylic acids is 1. The van der Waals surface area contributed by atoms with Gasteiger partial charge in [-0.25, -0.2) is 13.1 Å². The second kappa shape index (κ2) is 7.31. The van der Waals surface area contributed by atoms with Gasteiger partial charge in [-0.1, -0.05) is 12.1 Å². The van der Waals surface area contributed by atoms with Gasteiger partial charge in [0.2, 0.25) is 15.9 Å². The minimum atomic E-state index is -3.16. The first kappa shape index (κ1) is 17.7. The van der Waals surface area contributed by atoms with Crippen LogP contribution in [0.2, 0.25) is 0 Å². The maximum atomic E-state index is 12.6. The minimum absolute atomic E-state index is 0.0464. The van der Waals surface area contributed by atoms with Gasteiger partial charge in [0, 0.05) is 19.6 Å². The summed E-state index contributed by atoms with van der Waals surface area (Å²) in [6.07, 6.45) is 2.74. The Morgan fingerprint density at radius 2 is 2.04 bits per heavy atom. The number of nitrogens with zero attached hydrogens (tertiary/aromatic N) is 1. The number of nitrogens with one attached hydrogen (secondary N) is 1. The summed E-state index contributed by atoms with van der Waals surface area (Å²) in [6, 6.07) is 6.77. The van der Waals surface area contributed by atoms with Crippen LogP contribution < -0.4 is 4.72 Å². The van der Waals surface area contributed by atoms with Crippen LogP contribution in [0.15, 0.2) is 24.3 Å². The van der Waals surface area contributed by atoms with Gasteiger partial charge in [0.25, 0.3) is 0 Å². The largest absolute Gasteiger partial charge is 0.508 e. The Balaban J connectivity index is 1.88. The number of aromatic hydroxyl groups is 1. The fraction of sp³-hybridized carbons (Fsp3) is 0.562. The molecule has 0 saturated carbocycles. The summed E-state index contributed by atoms with van der Waals surface area (Å²) >= 11 is 0. The fourth-order valence-corrected chi connectivity index (χ4v) is 3.38. The van der Waals surface area contributed by atoms with E-state index in [1.807, 2.05) is 17.9 Å². The van der Waals surface area contributed by atoms with Gasteiger partial charge in [0.15, 0.2) is 0 Å². The molecule has 2 rings (SSSR count). The van der Waals surface area contributed by atoms with Gasteiger partial charge >= 0.3 is 0 Å². The second-order valence-corrected chi connectivity index (χ2v) is 8.04. The van der Waals surface area contributed by atoms with Crippen molar-refractivity contribution in [3.8, 4) is 5.75 Å². The Morgan fingerprint density at radius 3 is 2.61 bits per heavy atom. The lowest BCUT2D eigenvalue weighted by atomic mass is 9.94. The molecule has 1 aliphatic rings. The molecule has 6 nitrogen and oxygen atoms in total. The summed E-state index contributed by atoms with van der Waals surface area (Å²) in [4.78, 5) is 14.4. The maximum absolute atomic E-state index is 12.6. The summed E-state index contributed by atoms with van der Waals surface area (Å²) in [5.41, 5.74) is 0.802. The molecule has 1 aromatic carbocycles. The lowest BCUT2D eigenvalue weighted by Crippen LogP contribution is -2.42. The molecule has 23 heavy (non-hydrogen) atoms. The highest BCUT2D eigenvalue weighted by Crippen LogP contribution is 2.24. The van der Waals surface area contributed by atoms with Crippen LogP contribution in [0, 0.1) is 5.92 Å². The number of hydrogen-bond donors (Lipinski definition) is 2. The predicted octanol–water partition coefficient (Wildman–Crippen LogP) is 1.28. The molecule has 2 N–H and O–H groups in total. The average Bonchev–Trinajstić information content (AvgIpc) is 2.51. The smallest absolute Gasteiger partial charge is 0.229 e. The number of sulfonamides is 1. The molecule has 1 heterocycles. The molecule has 1 fully saturated rings. The van der Waals surface area contributed by atoms with Crippen LogP contribution in [0.25, 0.3) is 0 Å². The van der Waals surface area contributed by atoms with Crippen LogP contribution >= 0.6 is 0 Å². The highest BCUT2D eigenvalue weighted by Gasteiger charge is 2.27. The molecule has 0 spiro atoms. The predicted molar refractivity (Wildman–Crippen MR) is 88.7 cm³/mol. The molecule has 0 aromatic heterocycles. The molecule has 0 aliphatic carbocycles. The summed E-state index contributed by atoms with van der Waals surface area (Å²) in [6.45, 7) is 3.55. The van der Waals surface area contributed by atoms with E-state index in [0.717, 1.165) is 24.7 Å². The second-order valence-electron chi connectivity index (χ2n) is 6.21. The van der Waals surface area contributed by atoms with E-state index in [9.17, 15) is 18.3 Å². The number of phenolic OH excluding ortho intramolecular Hbond substituents is 1. The summed E-state index contributed by atoms with van der Waals surface area (Å²) in [5, 5.41) is 9.53. The molecule has 1 atom stereocenters. The van der Waals surface area contributed by atoms with Crippen molar-refractivity contribution >= 4 is 15.9 Å². The molecular formula is C16H24N2O4S. The first-order valence-corrected chi connectivity index (χ1v) is 9.68. The van der Waals surface area contributed by atoms with E-state index in [4.69, 9.17) is 0 Å². The Labute approximate surface area is 137 Å². The maximum Gasteiger partial charge on any atom is 0.229 e. The molecule has 0 bridgehead atoms. The molecule has 1 aromatic rings. The zero-order chi connectivity index (χ0) is 17.0. The molecule has 1 saturated heterocycles. The van der Waals surface area contributed by atoms with Crippen LogP contribution in [0.5, 0.6) is 5.75 Å². The molecule has 7 heteroatoms. The van der Waals surface area contributed by atoms with E-state index in [2.05, 4.69) is 4.72 Å². The first-order valence-electron chi connectivity index (χ1n) is 7.78. The van der Waals surface area contributed by atoms with Crippen LogP contribution in [0.3, 0.4) is 0 Å². The van der Waals surface area contributed by atoms with Crippen molar-refractivity contribution in [1.29, 1.82) is 0 Å². The number of carbonyl (C=O) groups is 1. The molecule has 1 amide bonds. The van der Waals surface area contributed by atoms with E-state index in [1.165, 1.54) is 0 Å². The fourth-order valence-electron chi connectivity index (χ4n) is 2.84. The Hall–Kier alpha value is -1.60. The van der Waals surface area contributed by atoms with Gasteiger partial charge < -0.3 is 10.0 Å². The van der Waals surface area contributed by atoms with Gasteiger partial charge in [-0.15, -0.1) is 0 Å². The van der Waals surface area contributed by atoms with E-state index >= 15 is 0 Å². The van der Waals surface area contributed by atoms with Gasteiger partial charge in [0.1, 0.15) is 5.75 Å². The Morgan fingerprint density at radius 1 is 1.39 bits per heavy atom. The number of amides is 1. The molecular weight excluding hydrogens is 316 g/mol. The monoisotopic (exact) mass is 340 g/mol. The number of likely N-dealkylation sites (tertiary alicyclic amines) is 1. The normalized spacial score (nSPS) is 17.9. The number of hydrogen-bond acceptors (Lipinski definition) is 4. The van der Waals surface area contributed by atoms with Gasteiger partial charge in [0.05, 0.1) is 12.2 Å². The van der Waals surface area contributed by atoms with Crippen LogP contribution in [-0.4, -0.2) is 50.2 Å². The van der Waals surface area contributed by atoms with Gasteiger partial charge in [-0.3, -0.25) is 4.79 Å².